The van der Waals surface area contributed by atoms with Crippen molar-refractivity contribution in [1.29, 1.82) is 0 Å². The van der Waals surface area contributed by atoms with Crippen LogP contribution in [-0.4, -0.2) is 36.7 Å². The first-order chi connectivity index (χ1) is 8.08. The van der Waals surface area contributed by atoms with Gasteiger partial charge in [0.05, 0.1) is 17.3 Å². The number of likely N-dealkylation sites (N-methyl/N-ethyl adjacent to an activating group) is 1. The average Bonchev–Trinajstić information content (AvgIpc) is 2.32. The number of methoxy groups -OCH3 is 1. The van der Waals surface area contributed by atoms with Gasteiger partial charge in [-0.25, -0.2) is 10.8 Å². The summed E-state index contributed by atoms with van der Waals surface area (Å²) in [4.78, 5) is 6.45. The molecule has 0 bridgehead atoms. The van der Waals surface area contributed by atoms with Crippen molar-refractivity contribution >= 4 is 17.4 Å². The van der Waals surface area contributed by atoms with Gasteiger partial charge < -0.3 is 10.2 Å². The third-order valence-electron chi connectivity index (χ3n) is 2.63. The Labute approximate surface area is 107 Å². The molecule has 0 amide bonds. The van der Waals surface area contributed by atoms with E-state index in [0.29, 0.717) is 30.0 Å². The Bertz CT molecular complexity index is 361. The first kappa shape index (κ1) is 14.2. The summed E-state index contributed by atoms with van der Waals surface area (Å²) in [6.07, 6.45) is 0. The van der Waals surface area contributed by atoms with Crippen LogP contribution in [0.5, 0.6) is 0 Å². The van der Waals surface area contributed by atoms with E-state index in [0.717, 1.165) is 5.69 Å². The molecule has 0 radical (unpaired) electrons. The van der Waals surface area contributed by atoms with Crippen molar-refractivity contribution in [3.63, 3.8) is 0 Å². The molecule has 1 aromatic rings. The van der Waals surface area contributed by atoms with Crippen LogP contribution in [-0.2, 0) is 11.3 Å². The highest BCUT2D eigenvalue weighted by Gasteiger charge is 2.12. The Kier molecular flexibility index (Phi) is 5.64. The van der Waals surface area contributed by atoms with Crippen molar-refractivity contribution < 1.29 is 4.74 Å². The Hall–Kier alpha value is -0.880. The summed E-state index contributed by atoms with van der Waals surface area (Å²) in [7, 11) is 3.69. The van der Waals surface area contributed by atoms with Crippen LogP contribution < -0.4 is 11.3 Å². The molecule has 0 fully saturated rings. The molecule has 1 heterocycles. The molecule has 1 rings (SSSR count). The minimum absolute atomic E-state index is 0.298. The van der Waals surface area contributed by atoms with Crippen molar-refractivity contribution in [2.75, 3.05) is 26.2 Å². The average molecular weight is 259 g/mol. The number of rotatable bonds is 6. The Morgan fingerprint density at radius 1 is 1.59 bits per heavy atom. The van der Waals surface area contributed by atoms with Crippen LogP contribution in [0.3, 0.4) is 0 Å². The molecule has 96 valence electrons. The molecule has 1 aromatic heterocycles. The SMILES string of the molecule is COCC(C)N(C)Cc1nc(NN)ccc1Cl. The summed E-state index contributed by atoms with van der Waals surface area (Å²) >= 11 is 6.09. The molecule has 0 aliphatic rings. The fourth-order valence-electron chi connectivity index (χ4n) is 1.44. The summed E-state index contributed by atoms with van der Waals surface area (Å²) in [6.45, 7) is 3.41. The molecule has 0 aliphatic carbocycles. The van der Waals surface area contributed by atoms with E-state index in [4.69, 9.17) is 22.2 Å². The lowest BCUT2D eigenvalue weighted by atomic mass is 10.2. The molecule has 0 spiro atoms. The topological polar surface area (TPSA) is 63.4 Å². The van der Waals surface area contributed by atoms with Crippen LogP contribution in [0.4, 0.5) is 5.82 Å². The van der Waals surface area contributed by atoms with Gasteiger partial charge in [-0.1, -0.05) is 11.6 Å². The summed E-state index contributed by atoms with van der Waals surface area (Å²) in [6, 6.07) is 3.82. The van der Waals surface area contributed by atoms with E-state index in [1.54, 1.807) is 19.2 Å². The van der Waals surface area contributed by atoms with E-state index in [-0.39, 0.29) is 0 Å². The molecule has 17 heavy (non-hydrogen) atoms. The van der Waals surface area contributed by atoms with Crippen LogP contribution in [0, 0.1) is 0 Å². The second kappa shape index (κ2) is 6.76. The van der Waals surface area contributed by atoms with E-state index in [1.807, 2.05) is 7.05 Å². The predicted molar refractivity (Wildman–Crippen MR) is 69.9 cm³/mol. The minimum atomic E-state index is 0.298. The summed E-state index contributed by atoms with van der Waals surface area (Å²) < 4.78 is 5.11. The lowest BCUT2D eigenvalue weighted by Crippen LogP contribution is -2.32. The molecule has 0 saturated heterocycles. The van der Waals surface area contributed by atoms with Gasteiger partial charge in [-0.3, -0.25) is 4.90 Å². The largest absolute Gasteiger partial charge is 0.383 e. The molecule has 6 heteroatoms. The lowest BCUT2D eigenvalue weighted by Gasteiger charge is -2.24. The minimum Gasteiger partial charge on any atom is -0.383 e. The molecule has 0 aromatic carbocycles. The Balaban J connectivity index is 2.73. The highest BCUT2D eigenvalue weighted by atomic mass is 35.5. The third-order valence-corrected chi connectivity index (χ3v) is 2.97. The fraction of sp³-hybridized carbons (Fsp3) is 0.545. The summed E-state index contributed by atoms with van der Waals surface area (Å²) in [5, 5.41) is 0.639. The second-order valence-corrected chi connectivity index (χ2v) is 4.40. The molecule has 0 saturated carbocycles. The second-order valence-electron chi connectivity index (χ2n) is 3.99. The maximum absolute atomic E-state index is 6.09. The zero-order chi connectivity index (χ0) is 12.8. The number of aromatic nitrogens is 1. The van der Waals surface area contributed by atoms with Crippen LogP contribution in [0.15, 0.2) is 12.1 Å². The Morgan fingerprint density at radius 2 is 2.29 bits per heavy atom. The van der Waals surface area contributed by atoms with Crippen LogP contribution >= 0.6 is 11.6 Å². The maximum atomic E-state index is 6.09. The lowest BCUT2D eigenvalue weighted by molar-refractivity contribution is 0.111. The van der Waals surface area contributed by atoms with E-state index in [2.05, 4.69) is 22.2 Å². The van der Waals surface area contributed by atoms with Gasteiger partial charge in [0.2, 0.25) is 0 Å². The molecule has 1 atom stereocenters. The fourth-order valence-corrected chi connectivity index (χ4v) is 1.60. The molecular formula is C11H19ClN4O. The molecule has 5 nitrogen and oxygen atoms in total. The number of hydrogen-bond donors (Lipinski definition) is 2. The highest BCUT2D eigenvalue weighted by molar-refractivity contribution is 6.31. The van der Waals surface area contributed by atoms with Gasteiger partial charge in [0, 0.05) is 19.7 Å². The van der Waals surface area contributed by atoms with Crippen molar-refractivity contribution in [2.45, 2.75) is 19.5 Å². The number of pyridine rings is 1. The molecule has 1 unspecified atom stereocenters. The predicted octanol–water partition coefficient (Wildman–Crippen LogP) is 1.49. The van der Waals surface area contributed by atoms with Crippen molar-refractivity contribution in [3.8, 4) is 0 Å². The quantitative estimate of drug-likeness (QED) is 0.598. The van der Waals surface area contributed by atoms with Crippen molar-refractivity contribution in [1.82, 2.24) is 9.88 Å². The smallest absolute Gasteiger partial charge is 0.140 e. The van der Waals surface area contributed by atoms with Gasteiger partial charge >= 0.3 is 0 Å². The number of hydrazine groups is 1. The number of nitrogen functional groups attached to an aromatic ring is 1. The summed E-state index contributed by atoms with van der Waals surface area (Å²) in [5.41, 5.74) is 3.31. The van der Waals surface area contributed by atoms with Crippen LogP contribution in [0.2, 0.25) is 5.02 Å². The number of nitrogens with two attached hydrogens (primary N) is 1. The number of halogens is 1. The van der Waals surface area contributed by atoms with Gasteiger partial charge in [-0.15, -0.1) is 0 Å². The molecule has 3 N–H and O–H groups in total. The number of ether oxygens (including phenoxy) is 1. The summed E-state index contributed by atoms with van der Waals surface area (Å²) in [5.74, 6) is 5.93. The van der Waals surface area contributed by atoms with Crippen LogP contribution in [0.25, 0.3) is 0 Å². The number of hydrogen-bond acceptors (Lipinski definition) is 5. The molecule has 0 aliphatic heterocycles. The molecular weight excluding hydrogens is 240 g/mol. The third kappa shape index (κ3) is 4.12. The van der Waals surface area contributed by atoms with E-state index in [9.17, 15) is 0 Å². The zero-order valence-corrected chi connectivity index (χ0v) is 11.2. The van der Waals surface area contributed by atoms with E-state index in [1.165, 1.54) is 0 Å². The van der Waals surface area contributed by atoms with Gasteiger partial charge in [0.15, 0.2) is 0 Å². The monoisotopic (exact) mass is 258 g/mol. The standard InChI is InChI=1S/C11H19ClN4O/c1-8(7-17-3)16(2)6-10-9(12)4-5-11(14-10)15-13/h4-5,8H,6-7,13H2,1-3H3,(H,14,15). The number of nitrogens with one attached hydrogen (secondary N) is 1. The highest BCUT2D eigenvalue weighted by Crippen LogP contribution is 2.18. The zero-order valence-electron chi connectivity index (χ0n) is 10.4. The van der Waals surface area contributed by atoms with Crippen molar-refractivity contribution in [2.24, 2.45) is 5.84 Å². The first-order valence-electron chi connectivity index (χ1n) is 5.39. The van der Waals surface area contributed by atoms with Gasteiger partial charge in [0.25, 0.3) is 0 Å². The van der Waals surface area contributed by atoms with Gasteiger partial charge in [-0.05, 0) is 26.1 Å². The van der Waals surface area contributed by atoms with Crippen molar-refractivity contribution in [3.05, 3.63) is 22.8 Å². The van der Waals surface area contributed by atoms with E-state index >= 15 is 0 Å². The van der Waals surface area contributed by atoms with E-state index < -0.39 is 0 Å². The maximum Gasteiger partial charge on any atom is 0.140 e. The number of nitrogens with zero attached hydrogens (tertiary/aromatic N) is 2. The van der Waals surface area contributed by atoms with Crippen LogP contribution in [0.1, 0.15) is 12.6 Å². The van der Waals surface area contributed by atoms with Gasteiger partial charge in [0.1, 0.15) is 5.82 Å². The Morgan fingerprint density at radius 3 is 2.88 bits per heavy atom. The normalized spacial score (nSPS) is 12.8. The van der Waals surface area contributed by atoms with Gasteiger partial charge in [-0.2, -0.15) is 0 Å². The first-order valence-corrected chi connectivity index (χ1v) is 5.77. The number of anilines is 1.